The lowest BCUT2D eigenvalue weighted by molar-refractivity contribution is -0.679. The van der Waals surface area contributed by atoms with Crippen LogP contribution >= 0.6 is 12.6 Å². The number of carboxylic acid groups (broad SMARTS) is 1. The van der Waals surface area contributed by atoms with Crippen molar-refractivity contribution in [2.24, 2.45) is 0 Å². The fraction of sp³-hybridized carbons (Fsp3) is 0.286. The summed E-state index contributed by atoms with van der Waals surface area (Å²) in [6.07, 6.45) is 0.673. The van der Waals surface area contributed by atoms with Crippen LogP contribution in [0.5, 0.6) is 0 Å². The van der Waals surface area contributed by atoms with Gasteiger partial charge < -0.3 is 24.4 Å². The third kappa shape index (κ3) is 3.53. The first-order chi connectivity index (χ1) is 13.4. The number of ether oxygens (including phenoxy) is 1. The summed E-state index contributed by atoms with van der Waals surface area (Å²) in [7, 11) is 0. The van der Waals surface area contributed by atoms with E-state index in [1.165, 1.54) is 6.07 Å². The van der Waals surface area contributed by atoms with Crippen molar-refractivity contribution in [2.75, 3.05) is 19.7 Å². The van der Waals surface area contributed by atoms with Gasteiger partial charge in [-0.1, -0.05) is 24.3 Å². The highest BCUT2D eigenvalue weighted by molar-refractivity contribution is 7.81. The third-order valence-corrected chi connectivity index (χ3v) is 5.54. The summed E-state index contributed by atoms with van der Waals surface area (Å²) in [5.41, 5.74) is 2.37. The van der Waals surface area contributed by atoms with Gasteiger partial charge in [0.1, 0.15) is 23.7 Å². The molecule has 1 aromatic heterocycles. The van der Waals surface area contributed by atoms with Crippen molar-refractivity contribution >= 4 is 29.6 Å². The van der Waals surface area contributed by atoms with E-state index in [2.05, 4.69) is 17.9 Å². The third-order valence-electron chi connectivity index (χ3n) is 5.07. The molecule has 0 saturated carbocycles. The van der Waals surface area contributed by atoms with E-state index >= 15 is 0 Å². The second-order valence-electron chi connectivity index (χ2n) is 7.12. The minimum absolute atomic E-state index is 0.124. The molecule has 2 N–H and O–H groups in total. The Morgan fingerprint density at radius 3 is 2.71 bits per heavy atom. The van der Waals surface area contributed by atoms with Crippen LogP contribution in [-0.4, -0.2) is 30.6 Å². The van der Waals surface area contributed by atoms with Crippen molar-refractivity contribution in [1.29, 1.82) is 0 Å². The molecule has 1 aliphatic heterocycles. The number of carbonyl (C=O) groups is 1. The number of morpholine rings is 1. The maximum atomic E-state index is 13.8. The van der Waals surface area contributed by atoms with Gasteiger partial charge in [-0.3, -0.25) is 0 Å². The highest BCUT2D eigenvalue weighted by Crippen LogP contribution is 2.35. The molecule has 2 heterocycles. The van der Waals surface area contributed by atoms with E-state index in [-0.39, 0.29) is 11.1 Å². The van der Waals surface area contributed by atoms with E-state index in [1.54, 1.807) is 6.92 Å². The molecule has 28 heavy (non-hydrogen) atoms. The number of rotatable bonds is 4. The summed E-state index contributed by atoms with van der Waals surface area (Å²) in [5.74, 6) is -1.60. The van der Waals surface area contributed by atoms with Crippen molar-refractivity contribution in [2.45, 2.75) is 18.3 Å². The molecule has 1 aliphatic rings. The second-order valence-corrected chi connectivity index (χ2v) is 7.94. The van der Waals surface area contributed by atoms with Crippen LogP contribution in [0.2, 0.25) is 0 Å². The summed E-state index contributed by atoms with van der Waals surface area (Å²) < 4.78 is 25.4. The zero-order valence-corrected chi connectivity index (χ0v) is 16.2. The molecule has 0 spiro atoms. The predicted octanol–water partition coefficient (Wildman–Crippen LogP) is 1.67. The number of furan rings is 1. The second kappa shape index (κ2) is 7.24. The Morgan fingerprint density at radius 1 is 1.32 bits per heavy atom. The van der Waals surface area contributed by atoms with Crippen LogP contribution in [-0.2, 0) is 11.2 Å². The minimum Gasteiger partial charge on any atom is -0.545 e. The lowest BCUT2D eigenvalue weighted by Crippen LogP contribution is -2.91. The van der Waals surface area contributed by atoms with Gasteiger partial charge in [0.2, 0.25) is 0 Å². The molecular formula is C21H20FNO4S. The number of halogens is 1. The minimum atomic E-state index is -1.47. The number of aromatic carboxylic acids is 1. The van der Waals surface area contributed by atoms with E-state index in [1.807, 2.05) is 24.3 Å². The molecule has 0 radical (unpaired) electrons. The molecule has 146 valence electrons. The van der Waals surface area contributed by atoms with Gasteiger partial charge in [0, 0.05) is 28.5 Å². The average molecular weight is 401 g/mol. The Morgan fingerprint density at radius 2 is 2.07 bits per heavy atom. The number of aryl methyl sites for hydroxylation is 1. The van der Waals surface area contributed by atoms with E-state index < -0.39 is 16.7 Å². The number of carbonyl (C=O) groups excluding carboxylic acids is 1. The molecule has 5 nitrogen and oxygen atoms in total. The van der Waals surface area contributed by atoms with Gasteiger partial charge in [-0.2, -0.15) is 0 Å². The molecule has 1 fully saturated rings. The zero-order valence-electron chi connectivity index (χ0n) is 15.3. The Balaban J connectivity index is 1.68. The van der Waals surface area contributed by atoms with Crippen LogP contribution in [0.1, 0.15) is 21.5 Å². The van der Waals surface area contributed by atoms with Gasteiger partial charge in [-0.25, -0.2) is 4.39 Å². The fourth-order valence-electron chi connectivity index (χ4n) is 3.64. The average Bonchev–Trinajstić information content (AvgIpc) is 2.98. The van der Waals surface area contributed by atoms with E-state index in [9.17, 15) is 14.3 Å². The Hall–Kier alpha value is -2.35. The van der Waals surface area contributed by atoms with Crippen LogP contribution in [0.4, 0.5) is 4.39 Å². The molecule has 1 atom stereocenters. The summed E-state index contributed by atoms with van der Waals surface area (Å²) >= 11 is 4.68. The van der Waals surface area contributed by atoms with E-state index in [4.69, 9.17) is 9.15 Å². The van der Waals surface area contributed by atoms with Crippen molar-refractivity contribution in [3.8, 4) is 11.3 Å². The number of benzene rings is 2. The number of quaternary nitrogens is 1. The molecule has 0 aliphatic carbocycles. The Labute approximate surface area is 166 Å². The van der Waals surface area contributed by atoms with Gasteiger partial charge in [-0.05, 0) is 24.6 Å². The first-order valence-electron chi connectivity index (χ1n) is 9.08. The normalized spacial score (nSPS) is 19.8. The largest absolute Gasteiger partial charge is 0.545 e. The van der Waals surface area contributed by atoms with Gasteiger partial charge in [0.05, 0.1) is 19.1 Å². The summed E-state index contributed by atoms with van der Waals surface area (Å²) in [6, 6.07) is 9.94. The smallest absolute Gasteiger partial charge is 0.163 e. The molecule has 1 saturated heterocycles. The molecule has 3 aromatic rings. The standard InChI is InChI=1S/C21H20FNO4S/c1-12-16-8-15(22)9-17(20(24)25)19(16)27-18(12)14-4-2-13(3-5-14)10-21(28)11-23-6-7-26-21/h2-5,8-9,23,28H,6-7,10-11H2,1H3,(H,24,25). The number of carboxylic acids is 1. The quantitative estimate of drug-likeness (QED) is 0.652. The summed E-state index contributed by atoms with van der Waals surface area (Å²) in [6.45, 7) is 4.19. The first-order valence-corrected chi connectivity index (χ1v) is 9.52. The highest BCUT2D eigenvalue weighted by Gasteiger charge is 2.32. The maximum Gasteiger partial charge on any atom is 0.163 e. The number of thiol groups is 1. The van der Waals surface area contributed by atoms with Gasteiger partial charge >= 0.3 is 0 Å². The van der Waals surface area contributed by atoms with Crippen molar-refractivity contribution in [3.05, 3.63) is 58.9 Å². The first kappa shape index (κ1) is 19.0. The number of hydrogen-bond donors (Lipinski definition) is 2. The maximum absolute atomic E-state index is 13.8. The SMILES string of the molecule is Cc1c(-c2ccc(CC3(S)C[NH2+]CCO3)cc2)oc2c(C(=O)[O-])cc(F)cc12. The molecule has 0 amide bonds. The van der Waals surface area contributed by atoms with Crippen LogP contribution < -0.4 is 10.4 Å². The summed E-state index contributed by atoms with van der Waals surface area (Å²) in [4.78, 5) is 10.8. The molecule has 2 aromatic carbocycles. The number of fused-ring (bicyclic) bond motifs is 1. The summed E-state index contributed by atoms with van der Waals surface area (Å²) in [5, 5.41) is 13.9. The Kier molecular flexibility index (Phi) is 4.91. The number of nitrogens with two attached hydrogens (primary N) is 1. The number of hydrogen-bond acceptors (Lipinski definition) is 5. The zero-order chi connectivity index (χ0) is 19.9. The van der Waals surface area contributed by atoms with Crippen LogP contribution in [0, 0.1) is 12.7 Å². The van der Waals surface area contributed by atoms with E-state index in [0.717, 1.165) is 30.3 Å². The lowest BCUT2D eigenvalue weighted by atomic mass is 10.0. The van der Waals surface area contributed by atoms with Crippen LogP contribution in [0.25, 0.3) is 22.3 Å². The Bertz CT molecular complexity index is 1040. The van der Waals surface area contributed by atoms with Crippen molar-refractivity contribution in [3.63, 3.8) is 0 Å². The lowest BCUT2D eigenvalue weighted by Gasteiger charge is -2.30. The molecular weight excluding hydrogens is 381 g/mol. The highest BCUT2D eigenvalue weighted by atomic mass is 32.1. The van der Waals surface area contributed by atoms with Crippen molar-refractivity contribution < 1.29 is 28.8 Å². The molecule has 0 bridgehead atoms. The van der Waals surface area contributed by atoms with Crippen LogP contribution in [0.15, 0.2) is 40.8 Å². The predicted molar refractivity (Wildman–Crippen MR) is 104 cm³/mol. The fourth-order valence-corrected chi connectivity index (χ4v) is 4.05. The van der Waals surface area contributed by atoms with Gasteiger partial charge in [0.25, 0.3) is 0 Å². The van der Waals surface area contributed by atoms with Crippen molar-refractivity contribution in [1.82, 2.24) is 0 Å². The van der Waals surface area contributed by atoms with Gasteiger partial charge in [-0.15, -0.1) is 12.6 Å². The topological polar surface area (TPSA) is 79.1 Å². The molecule has 4 rings (SSSR count). The molecule has 7 heteroatoms. The molecule has 1 unspecified atom stereocenters. The van der Waals surface area contributed by atoms with E-state index in [0.29, 0.717) is 29.7 Å². The monoisotopic (exact) mass is 401 g/mol. The van der Waals surface area contributed by atoms with Gasteiger partial charge in [0.15, 0.2) is 4.93 Å². The van der Waals surface area contributed by atoms with Crippen LogP contribution in [0.3, 0.4) is 0 Å².